The molecule has 0 amide bonds. The number of aliphatic hydroxyl groups excluding tert-OH is 1. The van der Waals surface area contributed by atoms with Gasteiger partial charge in [-0.05, 0) is 61.4 Å². The molecule has 1 N–H and O–H groups in total. The molecule has 0 saturated carbocycles. The zero-order valence-electron chi connectivity index (χ0n) is 30.7. The molecule has 0 spiro atoms. The average molecular weight is 850 g/mol. The van der Waals surface area contributed by atoms with Crippen LogP contribution in [-0.2, 0) is 30.3 Å². The van der Waals surface area contributed by atoms with Gasteiger partial charge in [0.1, 0.15) is 23.4 Å². The molecular weight excluding hydrogens is 801 g/mol. The predicted octanol–water partition coefficient (Wildman–Crippen LogP) is 12.2. The van der Waals surface area contributed by atoms with E-state index < -0.39 is 0 Å². The normalized spacial score (nSPS) is 12.5. The Balaban J connectivity index is 0.000000269. The van der Waals surface area contributed by atoms with Crippen molar-refractivity contribution in [3.05, 3.63) is 96.7 Å². The van der Waals surface area contributed by atoms with Crippen LogP contribution in [-0.4, -0.2) is 20.9 Å². The zero-order valence-corrected chi connectivity index (χ0v) is 33.1. The van der Waals surface area contributed by atoms with E-state index in [2.05, 4.69) is 67.1 Å². The first kappa shape index (κ1) is 38.7. The number of allylic oxidation sites excluding steroid dienone is 2. The molecule has 0 atom stereocenters. The second-order valence-corrected chi connectivity index (χ2v) is 14.5. The number of hydrogen-bond donors (Lipinski definition) is 1. The molecule has 0 aliphatic rings. The van der Waals surface area contributed by atoms with E-state index in [4.69, 9.17) is 8.83 Å². The van der Waals surface area contributed by atoms with Crippen molar-refractivity contribution in [3.63, 3.8) is 0 Å². The van der Waals surface area contributed by atoms with Gasteiger partial charge in [0, 0.05) is 59.0 Å². The number of hydrogen-bond acceptors (Lipinski definition) is 6. The second-order valence-electron chi connectivity index (χ2n) is 14.5. The van der Waals surface area contributed by atoms with E-state index in [0.717, 1.165) is 70.0 Å². The summed E-state index contributed by atoms with van der Waals surface area (Å²) in [6.07, 6.45) is 8.01. The predicted molar refractivity (Wildman–Crippen MR) is 201 cm³/mol. The van der Waals surface area contributed by atoms with Crippen molar-refractivity contribution in [2.75, 3.05) is 0 Å². The molecule has 0 bridgehead atoms. The van der Waals surface area contributed by atoms with Crippen LogP contribution in [0, 0.1) is 16.9 Å². The third-order valence-corrected chi connectivity index (χ3v) is 10.5. The summed E-state index contributed by atoms with van der Waals surface area (Å²) in [5.41, 5.74) is 4.81. The van der Waals surface area contributed by atoms with Crippen LogP contribution in [0.2, 0.25) is 0 Å². The SMILES string of the molecule is CC(C)(C)c1cc(-c2ncnc3oc(-c4ccc5occc5c4)cc23)[c-]c2ccccc12.CCC(C)(CC)C(=O)/C=C(\O)C(C)(CC)CC.[Ir]. The Hall–Kier alpha value is -4.06. The number of benzene rings is 3. The van der Waals surface area contributed by atoms with Gasteiger partial charge in [0.25, 0.3) is 0 Å². The summed E-state index contributed by atoms with van der Waals surface area (Å²) in [6.45, 7) is 18.8. The Morgan fingerprint density at radius 3 is 2.18 bits per heavy atom. The summed E-state index contributed by atoms with van der Waals surface area (Å²) < 4.78 is 11.6. The quantitative estimate of drug-likeness (QED) is 0.0885. The molecule has 3 aromatic heterocycles. The van der Waals surface area contributed by atoms with Gasteiger partial charge in [-0.1, -0.05) is 91.5 Å². The van der Waals surface area contributed by atoms with Crippen molar-refractivity contribution in [1.82, 2.24) is 9.97 Å². The number of aromatic nitrogens is 2. The van der Waals surface area contributed by atoms with Crippen molar-refractivity contribution >= 4 is 38.6 Å². The Morgan fingerprint density at radius 1 is 0.840 bits per heavy atom. The van der Waals surface area contributed by atoms with Crippen molar-refractivity contribution in [2.45, 2.75) is 93.4 Å². The number of carbonyl (C=O) groups is 1. The maximum absolute atomic E-state index is 12.2. The number of nitrogens with zero attached hydrogens (tertiary/aromatic N) is 2. The van der Waals surface area contributed by atoms with Gasteiger partial charge in [0.05, 0.1) is 6.26 Å². The first-order valence-corrected chi connectivity index (χ1v) is 17.4. The van der Waals surface area contributed by atoms with Crippen molar-refractivity contribution < 1.29 is 38.8 Å². The van der Waals surface area contributed by atoms with Crippen LogP contribution in [0.3, 0.4) is 0 Å². The van der Waals surface area contributed by atoms with Crippen LogP contribution in [0.15, 0.2) is 93.9 Å². The number of furan rings is 2. The molecule has 3 aromatic carbocycles. The van der Waals surface area contributed by atoms with Crippen LogP contribution < -0.4 is 0 Å². The Bertz CT molecular complexity index is 2120. The summed E-state index contributed by atoms with van der Waals surface area (Å²) in [4.78, 5) is 21.2. The Morgan fingerprint density at radius 2 is 1.52 bits per heavy atom. The van der Waals surface area contributed by atoms with E-state index >= 15 is 0 Å². The van der Waals surface area contributed by atoms with Gasteiger partial charge in [-0.15, -0.1) is 29.1 Å². The summed E-state index contributed by atoms with van der Waals surface area (Å²) in [7, 11) is 0. The molecule has 1 radical (unpaired) electrons. The van der Waals surface area contributed by atoms with Gasteiger partial charge in [-0.3, -0.25) is 9.78 Å². The molecule has 7 heteroatoms. The maximum atomic E-state index is 12.2. The molecule has 0 saturated heterocycles. The number of rotatable bonds is 9. The number of aliphatic hydroxyl groups is 1. The standard InChI is InChI=1S/C28H21N2O2.C15H28O2.Ir/c1-28(2,3)23-14-20(12-17-6-4-5-7-21(17)23)26-22-15-25(32-27(22)30-16-29-26)18-8-9-24-19(13-18)10-11-31-24;1-7-14(5,8-2)12(16)11-13(17)15(6,9-3)10-4;/h4-11,13-16H,1-3H3;11,16H,7-10H2,1-6H3;/q-1;;/b;12-11-;. The number of carbonyl (C=O) groups excluding carboxylic acids is 1. The van der Waals surface area contributed by atoms with Crippen LogP contribution in [0.1, 0.15) is 93.6 Å². The molecule has 0 fully saturated rings. The number of ketones is 1. The monoisotopic (exact) mass is 850 g/mol. The van der Waals surface area contributed by atoms with Gasteiger partial charge >= 0.3 is 0 Å². The minimum atomic E-state index is -0.337. The molecular formula is C43H49IrN2O4-. The summed E-state index contributed by atoms with van der Waals surface area (Å²) in [5.74, 6) is 1.04. The largest absolute Gasteiger partial charge is 0.512 e. The topological polar surface area (TPSA) is 89.4 Å². The van der Waals surface area contributed by atoms with E-state index in [0.29, 0.717) is 5.71 Å². The van der Waals surface area contributed by atoms with Crippen molar-refractivity contribution in [1.29, 1.82) is 0 Å². The average Bonchev–Trinajstić information content (AvgIpc) is 3.77. The molecule has 6 rings (SSSR count). The van der Waals surface area contributed by atoms with Crippen molar-refractivity contribution in [2.24, 2.45) is 10.8 Å². The smallest absolute Gasteiger partial charge is 0.222 e. The van der Waals surface area contributed by atoms with E-state index in [-0.39, 0.29) is 47.9 Å². The first-order chi connectivity index (χ1) is 23.3. The van der Waals surface area contributed by atoms with Crippen LogP contribution in [0.4, 0.5) is 0 Å². The van der Waals surface area contributed by atoms with Crippen LogP contribution >= 0.6 is 0 Å². The fourth-order valence-electron chi connectivity index (χ4n) is 5.99. The van der Waals surface area contributed by atoms with Crippen LogP contribution in [0.5, 0.6) is 0 Å². The van der Waals surface area contributed by atoms with Crippen LogP contribution in [0.25, 0.3) is 55.4 Å². The minimum absolute atomic E-state index is 0. The van der Waals surface area contributed by atoms with E-state index in [9.17, 15) is 9.90 Å². The van der Waals surface area contributed by atoms with Gasteiger partial charge < -0.3 is 13.9 Å². The van der Waals surface area contributed by atoms with E-state index in [1.54, 1.807) is 12.6 Å². The summed E-state index contributed by atoms with van der Waals surface area (Å²) in [5, 5.41) is 14.3. The third kappa shape index (κ3) is 7.80. The molecule has 0 unspecified atom stereocenters. The fraction of sp³-hybridized carbons (Fsp3) is 0.372. The molecule has 0 aliphatic heterocycles. The Kier molecular flexibility index (Phi) is 12.0. The van der Waals surface area contributed by atoms with Gasteiger partial charge in [-0.2, -0.15) is 0 Å². The second kappa shape index (κ2) is 15.4. The molecule has 3 heterocycles. The summed E-state index contributed by atoms with van der Waals surface area (Å²) >= 11 is 0. The maximum Gasteiger partial charge on any atom is 0.222 e. The van der Waals surface area contributed by atoms with Gasteiger partial charge in [0.15, 0.2) is 5.78 Å². The van der Waals surface area contributed by atoms with E-state index in [1.807, 2.05) is 71.9 Å². The van der Waals surface area contributed by atoms with Gasteiger partial charge in [0.2, 0.25) is 5.71 Å². The molecule has 6 nitrogen and oxygen atoms in total. The minimum Gasteiger partial charge on any atom is -0.512 e. The van der Waals surface area contributed by atoms with E-state index in [1.165, 1.54) is 17.0 Å². The Labute approximate surface area is 309 Å². The third-order valence-electron chi connectivity index (χ3n) is 10.5. The van der Waals surface area contributed by atoms with Crippen molar-refractivity contribution in [3.8, 4) is 22.6 Å². The van der Waals surface area contributed by atoms with Gasteiger partial charge in [-0.25, -0.2) is 4.98 Å². The number of fused-ring (bicyclic) bond motifs is 3. The fourth-order valence-corrected chi connectivity index (χ4v) is 5.99. The summed E-state index contributed by atoms with van der Waals surface area (Å²) in [6, 6.07) is 24.1. The molecule has 0 aliphatic carbocycles. The molecule has 50 heavy (non-hydrogen) atoms. The zero-order chi connectivity index (χ0) is 35.6. The molecule has 265 valence electrons. The first-order valence-electron chi connectivity index (χ1n) is 17.4. The molecule has 6 aromatic rings.